The number of carbonyl (C=O) groups excluding carboxylic acids is 1. The van der Waals surface area contributed by atoms with Crippen molar-refractivity contribution in [2.45, 2.75) is 26.7 Å². The monoisotopic (exact) mass is 299 g/mol. The van der Waals surface area contributed by atoms with Crippen molar-refractivity contribution in [3.8, 4) is 0 Å². The van der Waals surface area contributed by atoms with Gasteiger partial charge in [0, 0.05) is 24.0 Å². The van der Waals surface area contributed by atoms with E-state index in [0.29, 0.717) is 13.0 Å². The van der Waals surface area contributed by atoms with Crippen molar-refractivity contribution in [3.63, 3.8) is 0 Å². The van der Waals surface area contributed by atoms with Gasteiger partial charge in [0.2, 0.25) is 5.91 Å². The van der Waals surface area contributed by atoms with E-state index in [1.165, 1.54) is 0 Å². The van der Waals surface area contributed by atoms with Crippen LogP contribution in [0.15, 0.2) is 16.6 Å². The summed E-state index contributed by atoms with van der Waals surface area (Å²) in [7, 11) is 0. The van der Waals surface area contributed by atoms with Crippen LogP contribution in [0.25, 0.3) is 0 Å². The van der Waals surface area contributed by atoms with Gasteiger partial charge in [-0.25, -0.2) is 4.98 Å². The predicted molar refractivity (Wildman–Crippen MR) is 73.1 cm³/mol. The van der Waals surface area contributed by atoms with Gasteiger partial charge in [0.1, 0.15) is 5.82 Å². The van der Waals surface area contributed by atoms with Gasteiger partial charge in [-0.3, -0.25) is 4.79 Å². The number of carbonyl (C=O) groups is 1. The molecule has 1 aromatic rings. The van der Waals surface area contributed by atoms with Gasteiger partial charge >= 0.3 is 0 Å². The molecule has 0 atom stereocenters. The third kappa shape index (κ3) is 5.17. The Morgan fingerprint density at radius 3 is 2.82 bits per heavy atom. The van der Waals surface area contributed by atoms with Gasteiger partial charge in [0.25, 0.3) is 0 Å². The number of nitrogens with one attached hydrogen (secondary N) is 2. The maximum Gasteiger partial charge on any atom is 0.221 e. The standard InChI is InChI=1S/C12H18BrN3O/c1-3-7-15-12(17)6-8-14-11-5-4-10(13)9(2)16-11/h4-5H,3,6-8H2,1-2H3,(H,14,16)(H,15,17). The fraction of sp³-hybridized carbons (Fsp3) is 0.500. The highest BCUT2D eigenvalue weighted by molar-refractivity contribution is 9.10. The summed E-state index contributed by atoms with van der Waals surface area (Å²) in [6, 6.07) is 3.84. The molecule has 1 rings (SSSR count). The number of pyridine rings is 1. The van der Waals surface area contributed by atoms with Gasteiger partial charge in [-0.05, 0) is 41.4 Å². The molecular weight excluding hydrogens is 282 g/mol. The van der Waals surface area contributed by atoms with E-state index in [0.717, 1.165) is 29.0 Å². The molecule has 0 saturated carbocycles. The first kappa shape index (κ1) is 14.0. The lowest BCUT2D eigenvalue weighted by atomic mass is 10.3. The number of hydrogen-bond donors (Lipinski definition) is 2. The molecule has 1 heterocycles. The summed E-state index contributed by atoms with van der Waals surface area (Å²) in [5.74, 6) is 0.877. The molecule has 0 saturated heterocycles. The van der Waals surface area contributed by atoms with Crippen molar-refractivity contribution in [3.05, 3.63) is 22.3 Å². The Balaban J connectivity index is 2.30. The van der Waals surface area contributed by atoms with E-state index in [2.05, 4.69) is 31.5 Å². The van der Waals surface area contributed by atoms with E-state index in [9.17, 15) is 4.79 Å². The Kier molecular flexibility index (Phi) is 5.97. The van der Waals surface area contributed by atoms with Gasteiger partial charge < -0.3 is 10.6 Å². The molecule has 0 aliphatic heterocycles. The molecule has 0 aromatic carbocycles. The molecule has 94 valence electrons. The molecule has 2 N–H and O–H groups in total. The summed E-state index contributed by atoms with van der Waals surface area (Å²) in [6.45, 7) is 5.31. The Labute approximate surface area is 110 Å². The molecule has 1 aromatic heterocycles. The molecule has 0 bridgehead atoms. The molecule has 0 spiro atoms. The quantitative estimate of drug-likeness (QED) is 0.848. The van der Waals surface area contributed by atoms with E-state index >= 15 is 0 Å². The maximum atomic E-state index is 11.3. The largest absolute Gasteiger partial charge is 0.370 e. The zero-order valence-electron chi connectivity index (χ0n) is 10.2. The lowest BCUT2D eigenvalue weighted by Crippen LogP contribution is -2.25. The number of nitrogens with zero attached hydrogens (tertiary/aromatic N) is 1. The van der Waals surface area contributed by atoms with Crippen molar-refractivity contribution in [2.75, 3.05) is 18.4 Å². The molecule has 0 aliphatic rings. The van der Waals surface area contributed by atoms with Crippen LogP contribution in [0.2, 0.25) is 0 Å². The Hall–Kier alpha value is -1.10. The minimum atomic E-state index is 0.0770. The van der Waals surface area contributed by atoms with Crippen molar-refractivity contribution in [2.24, 2.45) is 0 Å². The SMILES string of the molecule is CCCNC(=O)CCNc1ccc(Br)c(C)n1. The number of anilines is 1. The van der Waals surface area contributed by atoms with Crippen LogP contribution < -0.4 is 10.6 Å². The number of rotatable bonds is 6. The van der Waals surface area contributed by atoms with Gasteiger partial charge in [-0.1, -0.05) is 6.92 Å². The van der Waals surface area contributed by atoms with Crippen molar-refractivity contribution >= 4 is 27.7 Å². The predicted octanol–water partition coefficient (Wildman–Crippen LogP) is 2.48. The molecule has 1 amide bonds. The van der Waals surface area contributed by atoms with Crippen molar-refractivity contribution < 1.29 is 4.79 Å². The number of amides is 1. The smallest absolute Gasteiger partial charge is 0.221 e. The van der Waals surface area contributed by atoms with Gasteiger partial charge in [-0.15, -0.1) is 0 Å². The Morgan fingerprint density at radius 2 is 2.18 bits per heavy atom. The third-order valence-electron chi connectivity index (χ3n) is 2.25. The van der Waals surface area contributed by atoms with Crippen LogP contribution in [0.4, 0.5) is 5.82 Å². The van der Waals surface area contributed by atoms with Crippen LogP contribution in [-0.2, 0) is 4.79 Å². The summed E-state index contributed by atoms with van der Waals surface area (Å²) in [5.41, 5.74) is 0.936. The van der Waals surface area contributed by atoms with Crippen molar-refractivity contribution in [1.29, 1.82) is 0 Å². The summed E-state index contributed by atoms with van der Waals surface area (Å²) < 4.78 is 0.990. The number of hydrogen-bond acceptors (Lipinski definition) is 3. The van der Waals surface area contributed by atoms with Gasteiger partial charge in [-0.2, -0.15) is 0 Å². The van der Waals surface area contributed by atoms with Gasteiger partial charge in [0.15, 0.2) is 0 Å². The van der Waals surface area contributed by atoms with Crippen LogP contribution in [0.5, 0.6) is 0 Å². The van der Waals surface area contributed by atoms with Crippen LogP contribution in [0.1, 0.15) is 25.5 Å². The highest BCUT2D eigenvalue weighted by atomic mass is 79.9. The Bertz CT molecular complexity index is 382. The summed E-state index contributed by atoms with van der Waals surface area (Å²) in [6.07, 6.45) is 1.43. The van der Waals surface area contributed by atoms with E-state index in [4.69, 9.17) is 0 Å². The Morgan fingerprint density at radius 1 is 1.41 bits per heavy atom. The number of aryl methyl sites for hydroxylation is 1. The zero-order chi connectivity index (χ0) is 12.7. The summed E-state index contributed by atoms with van der Waals surface area (Å²) in [4.78, 5) is 15.7. The van der Waals surface area contributed by atoms with Crippen LogP contribution in [-0.4, -0.2) is 24.0 Å². The highest BCUT2D eigenvalue weighted by Crippen LogP contribution is 2.15. The second-order valence-electron chi connectivity index (χ2n) is 3.79. The lowest BCUT2D eigenvalue weighted by molar-refractivity contribution is -0.120. The summed E-state index contributed by atoms with van der Waals surface area (Å²) >= 11 is 3.39. The molecule has 5 heteroatoms. The molecule has 0 aliphatic carbocycles. The summed E-state index contributed by atoms with van der Waals surface area (Å²) in [5, 5.41) is 5.96. The first-order valence-corrected chi connectivity index (χ1v) is 6.56. The first-order chi connectivity index (χ1) is 8.13. The van der Waals surface area contributed by atoms with E-state index in [-0.39, 0.29) is 5.91 Å². The fourth-order valence-electron chi connectivity index (χ4n) is 1.30. The minimum Gasteiger partial charge on any atom is -0.370 e. The first-order valence-electron chi connectivity index (χ1n) is 5.77. The molecular formula is C12H18BrN3O. The maximum absolute atomic E-state index is 11.3. The fourth-order valence-corrected chi connectivity index (χ4v) is 1.52. The second kappa shape index (κ2) is 7.27. The number of aromatic nitrogens is 1. The van der Waals surface area contributed by atoms with E-state index in [1.54, 1.807) is 0 Å². The normalized spacial score (nSPS) is 10.1. The average Bonchev–Trinajstić information content (AvgIpc) is 2.31. The molecule has 17 heavy (non-hydrogen) atoms. The van der Waals surface area contributed by atoms with Crippen LogP contribution in [0.3, 0.4) is 0 Å². The van der Waals surface area contributed by atoms with Crippen LogP contribution >= 0.6 is 15.9 Å². The average molecular weight is 300 g/mol. The molecule has 0 radical (unpaired) electrons. The minimum absolute atomic E-state index is 0.0770. The van der Waals surface area contributed by atoms with Crippen LogP contribution in [0, 0.1) is 6.92 Å². The number of halogens is 1. The zero-order valence-corrected chi connectivity index (χ0v) is 11.8. The second-order valence-corrected chi connectivity index (χ2v) is 4.64. The van der Waals surface area contributed by atoms with Crippen molar-refractivity contribution in [1.82, 2.24) is 10.3 Å². The molecule has 4 nitrogen and oxygen atoms in total. The van der Waals surface area contributed by atoms with E-state index in [1.807, 2.05) is 26.0 Å². The van der Waals surface area contributed by atoms with Gasteiger partial charge in [0.05, 0.1) is 5.69 Å². The topological polar surface area (TPSA) is 54.0 Å². The molecule has 0 fully saturated rings. The van der Waals surface area contributed by atoms with E-state index < -0.39 is 0 Å². The highest BCUT2D eigenvalue weighted by Gasteiger charge is 2.01. The molecule has 0 unspecified atom stereocenters. The third-order valence-corrected chi connectivity index (χ3v) is 3.09. The lowest BCUT2D eigenvalue weighted by Gasteiger charge is -2.07.